The molecule has 18 heavy (non-hydrogen) atoms. The van der Waals surface area contributed by atoms with E-state index in [0.29, 0.717) is 6.04 Å². The molecule has 2 heteroatoms. The van der Waals surface area contributed by atoms with Crippen LogP contribution in [0.15, 0.2) is 30.3 Å². The number of rotatable bonds is 5. The number of aliphatic hydroxyl groups is 1. The summed E-state index contributed by atoms with van der Waals surface area (Å²) in [5.41, 5.74) is 1.22. The number of nitrogens with one attached hydrogen (secondary N) is 1. The van der Waals surface area contributed by atoms with Gasteiger partial charge in [0.05, 0.1) is 6.10 Å². The second-order valence-corrected chi connectivity index (χ2v) is 6.03. The highest BCUT2D eigenvalue weighted by Gasteiger charge is 2.39. The van der Waals surface area contributed by atoms with Gasteiger partial charge in [-0.2, -0.15) is 0 Å². The van der Waals surface area contributed by atoms with Crippen molar-refractivity contribution < 1.29 is 5.11 Å². The summed E-state index contributed by atoms with van der Waals surface area (Å²) in [6.45, 7) is 0.739. The van der Waals surface area contributed by atoms with Crippen LogP contribution >= 0.6 is 0 Å². The summed E-state index contributed by atoms with van der Waals surface area (Å²) >= 11 is 0. The largest absolute Gasteiger partial charge is 0.391 e. The van der Waals surface area contributed by atoms with Crippen LogP contribution in [0.4, 0.5) is 0 Å². The fraction of sp³-hybridized carbons (Fsp3) is 0.625. The lowest BCUT2D eigenvalue weighted by atomic mass is 9.95. The fourth-order valence-corrected chi connectivity index (χ4v) is 3.74. The summed E-state index contributed by atoms with van der Waals surface area (Å²) in [4.78, 5) is 0. The minimum absolute atomic E-state index is 0.258. The summed E-state index contributed by atoms with van der Waals surface area (Å²) < 4.78 is 0. The Kier molecular flexibility index (Phi) is 3.67. The van der Waals surface area contributed by atoms with Gasteiger partial charge in [0.15, 0.2) is 0 Å². The van der Waals surface area contributed by atoms with Crippen molar-refractivity contribution in [2.75, 3.05) is 6.54 Å². The molecule has 98 valence electrons. The summed E-state index contributed by atoms with van der Waals surface area (Å²) in [6.07, 6.45) is 6.10. The zero-order valence-electron chi connectivity index (χ0n) is 10.9. The molecule has 2 bridgehead atoms. The maximum Gasteiger partial charge on any atom is 0.0704 e. The van der Waals surface area contributed by atoms with E-state index in [9.17, 15) is 5.11 Å². The second kappa shape index (κ2) is 5.41. The van der Waals surface area contributed by atoms with Crippen LogP contribution in [-0.4, -0.2) is 23.8 Å². The topological polar surface area (TPSA) is 32.3 Å². The van der Waals surface area contributed by atoms with E-state index in [2.05, 4.69) is 17.4 Å². The number of benzene rings is 1. The first-order valence-corrected chi connectivity index (χ1v) is 7.26. The van der Waals surface area contributed by atoms with Crippen molar-refractivity contribution in [1.82, 2.24) is 5.32 Å². The lowest BCUT2D eigenvalue weighted by molar-refractivity contribution is 0.161. The quantitative estimate of drug-likeness (QED) is 0.834. The first kappa shape index (κ1) is 12.2. The Hall–Kier alpha value is -0.860. The van der Waals surface area contributed by atoms with E-state index in [1.165, 1.54) is 31.2 Å². The normalized spacial score (nSPS) is 31.7. The predicted octanol–water partition coefficient (Wildman–Crippen LogP) is 2.37. The summed E-state index contributed by atoms with van der Waals surface area (Å²) in [6, 6.07) is 10.9. The Morgan fingerprint density at radius 2 is 2.00 bits per heavy atom. The Morgan fingerprint density at radius 3 is 2.67 bits per heavy atom. The number of hydrogen-bond donors (Lipinski definition) is 2. The van der Waals surface area contributed by atoms with Gasteiger partial charge in [0.25, 0.3) is 0 Å². The lowest BCUT2D eigenvalue weighted by Gasteiger charge is -2.24. The van der Waals surface area contributed by atoms with Crippen LogP contribution < -0.4 is 5.32 Å². The lowest BCUT2D eigenvalue weighted by Crippen LogP contribution is -2.39. The Balaban J connectivity index is 1.43. The van der Waals surface area contributed by atoms with Crippen LogP contribution in [0.2, 0.25) is 0 Å². The monoisotopic (exact) mass is 245 g/mol. The van der Waals surface area contributed by atoms with E-state index in [-0.39, 0.29) is 6.10 Å². The molecule has 2 N–H and O–H groups in total. The molecule has 0 spiro atoms. The van der Waals surface area contributed by atoms with Gasteiger partial charge in [0.2, 0.25) is 0 Å². The van der Waals surface area contributed by atoms with Gasteiger partial charge in [0, 0.05) is 12.6 Å². The predicted molar refractivity (Wildman–Crippen MR) is 73.4 cm³/mol. The van der Waals surface area contributed by atoms with Gasteiger partial charge >= 0.3 is 0 Å². The molecule has 0 saturated heterocycles. The van der Waals surface area contributed by atoms with Gasteiger partial charge in [-0.05, 0) is 43.1 Å². The van der Waals surface area contributed by atoms with E-state index in [4.69, 9.17) is 0 Å². The van der Waals surface area contributed by atoms with Crippen molar-refractivity contribution in [3.8, 4) is 0 Å². The van der Waals surface area contributed by atoms with Gasteiger partial charge in [-0.1, -0.05) is 36.8 Å². The summed E-state index contributed by atoms with van der Waals surface area (Å²) in [5, 5.41) is 13.7. The van der Waals surface area contributed by atoms with E-state index >= 15 is 0 Å². The van der Waals surface area contributed by atoms with Gasteiger partial charge in [0.1, 0.15) is 0 Å². The van der Waals surface area contributed by atoms with Crippen molar-refractivity contribution in [3.63, 3.8) is 0 Å². The average Bonchev–Trinajstić information content (AvgIpc) is 3.00. The van der Waals surface area contributed by atoms with Gasteiger partial charge in [-0.3, -0.25) is 0 Å². The zero-order chi connectivity index (χ0) is 12.4. The van der Waals surface area contributed by atoms with Gasteiger partial charge < -0.3 is 10.4 Å². The van der Waals surface area contributed by atoms with Crippen molar-refractivity contribution in [3.05, 3.63) is 35.9 Å². The van der Waals surface area contributed by atoms with Crippen LogP contribution in [0.25, 0.3) is 0 Å². The Bertz CT molecular complexity index is 378. The molecule has 4 atom stereocenters. The van der Waals surface area contributed by atoms with E-state index < -0.39 is 0 Å². The zero-order valence-corrected chi connectivity index (χ0v) is 10.9. The molecule has 1 aromatic rings. The molecule has 3 rings (SSSR count). The molecular formula is C16H23NO. The standard InChI is InChI=1S/C16H23NO/c18-15(9-12-4-2-1-3-5-12)11-17-16-10-13-6-7-14(16)8-13/h1-5,13-18H,6-11H2. The Morgan fingerprint density at radius 1 is 1.17 bits per heavy atom. The van der Waals surface area contributed by atoms with Crippen LogP contribution in [0.1, 0.15) is 31.2 Å². The Labute approximate surface area is 109 Å². The minimum Gasteiger partial charge on any atom is -0.391 e. The van der Waals surface area contributed by atoms with E-state index in [1.54, 1.807) is 0 Å². The number of hydrogen-bond acceptors (Lipinski definition) is 2. The van der Waals surface area contributed by atoms with Crippen LogP contribution in [0, 0.1) is 11.8 Å². The molecule has 0 aliphatic heterocycles. The second-order valence-electron chi connectivity index (χ2n) is 6.03. The molecule has 2 fully saturated rings. The van der Waals surface area contributed by atoms with Crippen molar-refractivity contribution in [2.24, 2.45) is 11.8 Å². The third-order valence-corrected chi connectivity index (χ3v) is 4.67. The first-order valence-electron chi connectivity index (χ1n) is 7.26. The molecule has 2 aliphatic carbocycles. The highest BCUT2D eigenvalue weighted by atomic mass is 16.3. The molecule has 2 aliphatic rings. The molecule has 0 amide bonds. The average molecular weight is 245 g/mol. The molecule has 2 nitrogen and oxygen atoms in total. The maximum absolute atomic E-state index is 10.1. The maximum atomic E-state index is 10.1. The van der Waals surface area contributed by atoms with E-state index in [0.717, 1.165) is 24.8 Å². The SMILES string of the molecule is OC(CNC1CC2CCC1C2)Cc1ccccc1. The molecule has 1 aromatic carbocycles. The van der Waals surface area contributed by atoms with Gasteiger partial charge in [-0.25, -0.2) is 0 Å². The van der Waals surface area contributed by atoms with Crippen LogP contribution in [0.5, 0.6) is 0 Å². The number of aliphatic hydroxyl groups excluding tert-OH is 1. The van der Waals surface area contributed by atoms with Crippen LogP contribution in [0.3, 0.4) is 0 Å². The third-order valence-electron chi connectivity index (χ3n) is 4.67. The highest BCUT2D eigenvalue weighted by Crippen LogP contribution is 2.44. The molecule has 0 radical (unpaired) electrons. The third kappa shape index (κ3) is 2.76. The van der Waals surface area contributed by atoms with E-state index in [1.807, 2.05) is 18.2 Å². The highest BCUT2D eigenvalue weighted by molar-refractivity contribution is 5.15. The van der Waals surface area contributed by atoms with Crippen molar-refractivity contribution in [2.45, 2.75) is 44.2 Å². The minimum atomic E-state index is -0.258. The molecular weight excluding hydrogens is 222 g/mol. The summed E-state index contributed by atoms with van der Waals surface area (Å²) in [5.74, 6) is 1.86. The van der Waals surface area contributed by atoms with Crippen LogP contribution in [-0.2, 0) is 6.42 Å². The smallest absolute Gasteiger partial charge is 0.0704 e. The molecule has 4 unspecified atom stereocenters. The van der Waals surface area contributed by atoms with Gasteiger partial charge in [-0.15, -0.1) is 0 Å². The number of fused-ring (bicyclic) bond motifs is 2. The molecule has 2 saturated carbocycles. The van der Waals surface area contributed by atoms with Crippen molar-refractivity contribution >= 4 is 0 Å². The molecule has 0 aromatic heterocycles. The fourth-order valence-electron chi connectivity index (χ4n) is 3.74. The molecule has 0 heterocycles. The first-order chi connectivity index (χ1) is 8.81. The van der Waals surface area contributed by atoms with Crippen molar-refractivity contribution in [1.29, 1.82) is 0 Å². The summed E-state index contributed by atoms with van der Waals surface area (Å²) in [7, 11) is 0.